The quantitative estimate of drug-likeness (QED) is 0.845. The Labute approximate surface area is 111 Å². The summed E-state index contributed by atoms with van der Waals surface area (Å²) in [6.07, 6.45) is 0.284. The van der Waals surface area contributed by atoms with Crippen LogP contribution in [0.4, 0.5) is 5.69 Å². The molecular weight excluding hydrogens is 248 g/mol. The molecule has 0 atom stereocenters. The van der Waals surface area contributed by atoms with Crippen molar-refractivity contribution in [1.82, 2.24) is 9.78 Å². The number of nitrogen functional groups attached to an aromatic ring is 1. The van der Waals surface area contributed by atoms with Crippen LogP contribution in [0.3, 0.4) is 0 Å². The fraction of sp³-hybridized carbons (Fsp3) is 0.231. The molecule has 0 amide bonds. The van der Waals surface area contributed by atoms with Gasteiger partial charge in [0.25, 0.3) is 0 Å². The highest BCUT2D eigenvalue weighted by Crippen LogP contribution is 2.24. The molecule has 0 aliphatic carbocycles. The van der Waals surface area contributed by atoms with Gasteiger partial charge in [0.1, 0.15) is 0 Å². The maximum absolute atomic E-state index is 8.76. The number of rotatable bonds is 2. The summed E-state index contributed by atoms with van der Waals surface area (Å²) in [5.41, 5.74) is 9.77. The summed E-state index contributed by atoms with van der Waals surface area (Å²) in [7, 11) is 0. The minimum Gasteiger partial charge on any atom is -0.398 e. The zero-order valence-electron chi connectivity index (χ0n) is 10.2. The molecule has 1 aromatic heterocycles. The van der Waals surface area contributed by atoms with Crippen molar-refractivity contribution < 1.29 is 0 Å². The summed E-state index contributed by atoms with van der Waals surface area (Å²) >= 11 is 6.12. The zero-order valence-corrected chi connectivity index (χ0v) is 11.0. The van der Waals surface area contributed by atoms with Crippen molar-refractivity contribution >= 4 is 17.3 Å². The molecular formula is C13H13ClN4. The van der Waals surface area contributed by atoms with Crippen LogP contribution in [0.5, 0.6) is 0 Å². The van der Waals surface area contributed by atoms with Crippen LogP contribution in [-0.4, -0.2) is 9.78 Å². The van der Waals surface area contributed by atoms with Crippen LogP contribution in [0.1, 0.15) is 17.0 Å². The molecule has 1 aromatic carbocycles. The standard InChI is InChI=1S/C13H13ClN4/c1-8-13(14)9(2)18(17-8)11-3-4-12(16)10(7-11)5-6-15/h3-4,7H,5,16H2,1-2H3. The van der Waals surface area contributed by atoms with Crippen LogP contribution in [0, 0.1) is 25.2 Å². The Morgan fingerprint density at radius 3 is 2.72 bits per heavy atom. The Bertz CT molecular complexity index is 637. The largest absolute Gasteiger partial charge is 0.398 e. The molecule has 0 saturated heterocycles. The van der Waals surface area contributed by atoms with E-state index in [1.54, 1.807) is 10.7 Å². The van der Waals surface area contributed by atoms with Crippen molar-refractivity contribution in [3.05, 3.63) is 40.2 Å². The first kappa shape index (κ1) is 12.5. The molecule has 1 heterocycles. The van der Waals surface area contributed by atoms with Crippen LogP contribution in [0.15, 0.2) is 18.2 Å². The number of halogens is 1. The molecule has 5 heteroatoms. The second-order valence-corrected chi connectivity index (χ2v) is 4.49. The Hall–Kier alpha value is -1.99. The van der Waals surface area contributed by atoms with Gasteiger partial charge in [0.15, 0.2) is 0 Å². The topological polar surface area (TPSA) is 67.6 Å². The van der Waals surface area contributed by atoms with Crippen molar-refractivity contribution in [1.29, 1.82) is 5.26 Å². The second kappa shape index (κ2) is 4.71. The summed E-state index contributed by atoms with van der Waals surface area (Å²) < 4.78 is 1.76. The van der Waals surface area contributed by atoms with Gasteiger partial charge in [-0.1, -0.05) is 11.6 Å². The molecule has 0 unspecified atom stereocenters. The lowest BCUT2D eigenvalue weighted by molar-refractivity contribution is 0.832. The molecule has 0 spiro atoms. The molecule has 0 bridgehead atoms. The van der Waals surface area contributed by atoms with Gasteiger partial charge >= 0.3 is 0 Å². The Balaban J connectivity index is 2.55. The number of aromatic nitrogens is 2. The SMILES string of the molecule is Cc1nn(-c2ccc(N)c(CC#N)c2)c(C)c1Cl. The average molecular weight is 261 g/mol. The third-order valence-electron chi connectivity index (χ3n) is 2.84. The van der Waals surface area contributed by atoms with Crippen LogP contribution in [0.2, 0.25) is 5.02 Å². The number of aryl methyl sites for hydroxylation is 1. The van der Waals surface area contributed by atoms with E-state index in [0.29, 0.717) is 10.7 Å². The zero-order chi connectivity index (χ0) is 13.3. The maximum Gasteiger partial charge on any atom is 0.0848 e. The Morgan fingerprint density at radius 1 is 1.44 bits per heavy atom. The van der Waals surface area contributed by atoms with Gasteiger partial charge in [0.05, 0.1) is 34.6 Å². The number of anilines is 1. The fourth-order valence-electron chi connectivity index (χ4n) is 1.84. The number of hydrogen-bond donors (Lipinski definition) is 1. The molecule has 0 fully saturated rings. The highest BCUT2D eigenvalue weighted by Gasteiger charge is 2.11. The van der Waals surface area contributed by atoms with E-state index >= 15 is 0 Å². The van der Waals surface area contributed by atoms with Gasteiger partial charge in [-0.15, -0.1) is 0 Å². The van der Waals surface area contributed by atoms with Crippen LogP contribution in [-0.2, 0) is 6.42 Å². The van der Waals surface area contributed by atoms with Crippen LogP contribution < -0.4 is 5.73 Å². The van der Waals surface area contributed by atoms with Gasteiger partial charge in [0.2, 0.25) is 0 Å². The highest BCUT2D eigenvalue weighted by molar-refractivity contribution is 6.31. The van der Waals surface area contributed by atoms with E-state index in [1.165, 1.54) is 0 Å². The first-order valence-corrected chi connectivity index (χ1v) is 5.90. The number of nitrogens with two attached hydrogens (primary N) is 1. The van der Waals surface area contributed by atoms with E-state index in [2.05, 4.69) is 11.2 Å². The van der Waals surface area contributed by atoms with Crippen molar-refractivity contribution in [3.8, 4) is 11.8 Å². The van der Waals surface area contributed by atoms with Gasteiger partial charge < -0.3 is 5.73 Å². The summed E-state index contributed by atoms with van der Waals surface area (Å²) in [5, 5.41) is 13.8. The smallest absolute Gasteiger partial charge is 0.0848 e. The minimum atomic E-state index is 0.284. The van der Waals surface area contributed by atoms with Crippen molar-refractivity contribution in [2.45, 2.75) is 20.3 Å². The molecule has 0 saturated carbocycles. The summed E-state index contributed by atoms with van der Waals surface area (Å²) in [6.45, 7) is 3.77. The van der Waals surface area contributed by atoms with Crippen molar-refractivity contribution in [2.75, 3.05) is 5.73 Å². The third kappa shape index (κ3) is 2.05. The number of benzene rings is 1. The van der Waals surface area contributed by atoms with E-state index in [4.69, 9.17) is 22.6 Å². The van der Waals surface area contributed by atoms with E-state index in [-0.39, 0.29) is 6.42 Å². The fourth-order valence-corrected chi connectivity index (χ4v) is 1.96. The lowest BCUT2D eigenvalue weighted by Crippen LogP contribution is -2.02. The summed E-state index contributed by atoms with van der Waals surface area (Å²) in [5.74, 6) is 0. The second-order valence-electron chi connectivity index (χ2n) is 4.11. The predicted octanol–water partition coefficient (Wildman–Crippen LogP) is 2.79. The highest BCUT2D eigenvalue weighted by atomic mass is 35.5. The molecule has 0 aliphatic rings. The number of nitrogens with zero attached hydrogens (tertiary/aromatic N) is 3. The lowest BCUT2D eigenvalue weighted by atomic mass is 10.1. The molecule has 18 heavy (non-hydrogen) atoms. The normalized spacial score (nSPS) is 10.3. The third-order valence-corrected chi connectivity index (χ3v) is 3.39. The van der Waals surface area contributed by atoms with Gasteiger partial charge in [-0.05, 0) is 37.6 Å². The Kier molecular flexibility index (Phi) is 3.26. The van der Waals surface area contributed by atoms with Crippen LogP contribution in [0.25, 0.3) is 5.69 Å². The molecule has 2 N–H and O–H groups in total. The Morgan fingerprint density at radius 2 is 2.17 bits per heavy atom. The van der Waals surface area contributed by atoms with E-state index in [9.17, 15) is 0 Å². The van der Waals surface area contributed by atoms with Gasteiger partial charge in [-0.3, -0.25) is 0 Å². The molecule has 4 nitrogen and oxygen atoms in total. The molecule has 92 valence electrons. The van der Waals surface area contributed by atoms with Crippen molar-refractivity contribution in [3.63, 3.8) is 0 Å². The molecule has 2 aromatic rings. The molecule has 0 aliphatic heterocycles. The first-order valence-electron chi connectivity index (χ1n) is 5.52. The lowest BCUT2D eigenvalue weighted by Gasteiger charge is -2.08. The van der Waals surface area contributed by atoms with Crippen molar-refractivity contribution in [2.24, 2.45) is 0 Å². The minimum absolute atomic E-state index is 0.284. The van der Waals surface area contributed by atoms with Crippen LogP contribution >= 0.6 is 11.6 Å². The molecule has 0 radical (unpaired) electrons. The monoisotopic (exact) mass is 260 g/mol. The summed E-state index contributed by atoms with van der Waals surface area (Å²) in [4.78, 5) is 0. The van der Waals surface area contributed by atoms with Gasteiger partial charge in [-0.25, -0.2) is 4.68 Å². The number of hydrogen-bond acceptors (Lipinski definition) is 3. The average Bonchev–Trinajstić information content (AvgIpc) is 2.60. The summed E-state index contributed by atoms with van der Waals surface area (Å²) in [6, 6.07) is 7.62. The predicted molar refractivity (Wildman–Crippen MR) is 71.8 cm³/mol. The van der Waals surface area contributed by atoms with Gasteiger partial charge in [0, 0.05) is 5.69 Å². The van der Waals surface area contributed by atoms with E-state index in [1.807, 2.05) is 26.0 Å². The first-order chi connectivity index (χ1) is 8.54. The van der Waals surface area contributed by atoms with E-state index < -0.39 is 0 Å². The molecule has 2 rings (SSSR count). The maximum atomic E-state index is 8.76. The number of nitriles is 1. The van der Waals surface area contributed by atoms with E-state index in [0.717, 1.165) is 22.6 Å². The van der Waals surface area contributed by atoms with Gasteiger partial charge in [-0.2, -0.15) is 10.4 Å².